The molecule has 1 saturated heterocycles. The number of nitrogen functional groups attached to an aromatic ring is 1. The predicted molar refractivity (Wildman–Crippen MR) is 124 cm³/mol. The molecule has 3 N–H and O–H groups in total. The average Bonchev–Trinajstić information content (AvgIpc) is 3.22. The molecule has 3 heterocycles. The third-order valence-electron chi connectivity index (χ3n) is 5.81. The second-order valence-electron chi connectivity index (χ2n) is 8.11. The van der Waals surface area contributed by atoms with Crippen LogP contribution in [0.25, 0.3) is 0 Å². The van der Waals surface area contributed by atoms with Crippen molar-refractivity contribution in [1.82, 2.24) is 19.4 Å². The number of aromatic amines is 1. The Balaban J connectivity index is 1.68. The molecule has 1 aliphatic heterocycles. The highest BCUT2D eigenvalue weighted by Gasteiger charge is 2.28. The van der Waals surface area contributed by atoms with E-state index in [1.54, 1.807) is 30.9 Å². The zero-order chi connectivity index (χ0) is 24.1. The van der Waals surface area contributed by atoms with Gasteiger partial charge < -0.3 is 20.0 Å². The van der Waals surface area contributed by atoms with Gasteiger partial charge in [-0.25, -0.2) is 4.79 Å². The lowest BCUT2D eigenvalue weighted by Gasteiger charge is -2.35. The lowest BCUT2D eigenvalue weighted by molar-refractivity contribution is -0.120. The van der Waals surface area contributed by atoms with E-state index in [1.807, 2.05) is 11.8 Å². The zero-order valence-electron chi connectivity index (χ0n) is 19.4. The van der Waals surface area contributed by atoms with Crippen molar-refractivity contribution in [3.8, 4) is 0 Å². The Morgan fingerprint density at radius 3 is 2.42 bits per heavy atom. The van der Waals surface area contributed by atoms with Crippen molar-refractivity contribution < 1.29 is 14.0 Å². The van der Waals surface area contributed by atoms with Crippen LogP contribution in [0.1, 0.15) is 43.0 Å². The van der Waals surface area contributed by atoms with E-state index in [0.29, 0.717) is 44.2 Å². The maximum absolute atomic E-state index is 13.1. The Morgan fingerprint density at radius 2 is 1.85 bits per heavy atom. The smallest absolute Gasteiger partial charge is 0.330 e. The number of amides is 2. The van der Waals surface area contributed by atoms with Crippen molar-refractivity contribution >= 4 is 23.3 Å². The molecule has 0 atom stereocenters. The highest BCUT2D eigenvalue weighted by Crippen LogP contribution is 2.18. The normalized spacial score (nSPS) is 14.5. The molecule has 3 rings (SSSR count). The predicted octanol–water partition coefficient (Wildman–Crippen LogP) is 0.631. The van der Waals surface area contributed by atoms with E-state index in [0.717, 1.165) is 12.8 Å². The van der Waals surface area contributed by atoms with Gasteiger partial charge in [-0.1, -0.05) is 13.3 Å². The van der Waals surface area contributed by atoms with E-state index in [9.17, 15) is 19.2 Å². The molecular formula is C22H32N6O5. The minimum Gasteiger partial charge on any atom is -0.456 e. The van der Waals surface area contributed by atoms with Crippen molar-refractivity contribution in [1.29, 1.82) is 0 Å². The van der Waals surface area contributed by atoms with Gasteiger partial charge in [0.15, 0.2) is 11.4 Å². The largest absolute Gasteiger partial charge is 0.456 e. The Morgan fingerprint density at radius 1 is 1.15 bits per heavy atom. The van der Waals surface area contributed by atoms with Gasteiger partial charge in [0.25, 0.3) is 11.5 Å². The third-order valence-corrected chi connectivity index (χ3v) is 5.81. The quantitative estimate of drug-likeness (QED) is 0.589. The number of anilines is 2. The lowest BCUT2D eigenvalue weighted by atomic mass is 10.2. The van der Waals surface area contributed by atoms with E-state index in [2.05, 4.69) is 4.98 Å². The van der Waals surface area contributed by atoms with Gasteiger partial charge in [-0.2, -0.15) is 0 Å². The van der Waals surface area contributed by atoms with Crippen LogP contribution in [0.2, 0.25) is 0 Å². The van der Waals surface area contributed by atoms with Crippen molar-refractivity contribution in [3.05, 3.63) is 44.5 Å². The number of nitrogens with two attached hydrogens (primary N) is 1. The van der Waals surface area contributed by atoms with Crippen LogP contribution < -0.4 is 21.9 Å². The molecule has 0 radical (unpaired) electrons. The van der Waals surface area contributed by atoms with Crippen LogP contribution in [0.3, 0.4) is 0 Å². The van der Waals surface area contributed by atoms with Gasteiger partial charge in [-0.15, -0.1) is 0 Å². The molecule has 2 amide bonds. The number of rotatable bonds is 8. The lowest BCUT2D eigenvalue weighted by Crippen LogP contribution is -2.52. The molecule has 0 bridgehead atoms. The van der Waals surface area contributed by atoms with Crippen LogP contribution >= 0.6 is 0 Å². The van der Waals surface area contributed by atoms with Gasteiger partial charge in [-0.3, -0.25) is 28.8 Å². The number of nitrogens with zero attached hydrogens (tertiary/aromatic N) is 4. The van der Waals surface area contributed by atoms with Crippen LogP contribution in [0.15, 0.2) is 26.1 Å². The van der Waals surface area contributed by atoms with Crippen LogP contribution in [-0.2, 0) is 11.3 Å². The van der Waals surface area contributed by atoms with Crippen LogP contribution in [0.4, 0.5) is 11.5 Å². The standard InChI is InChI=1S/C22H32N6O5/c1-4-6-9-28-19(23)18(20(30)24-22(28)32)27(5-2)17(29)14-25-10-12-26(13-11-25)21(31)16-8-7-15(3)33-16/h7-8H,4-6,9-14,23H2,1-3H3,(H,24,30,32). The Hall–Kier alpha value is -3.34. The topological polar surface area (TPSA) is 138 Å². The monoisotopic (exact) mass is 460 g/mol. The highest BCUT2D eigenvalue weighted by molar-refractivity contribution is 5.97. The Labute approximate surface area is 191 Å². The summed E-state index contributed by atoms with van der Waals surface area (Å²) >= 11 is 0. The van der Waals surface area contributed by atoms with Gasteiger partial charge >= 0.3 is 5.69 Å². The molecule has 2 aromatic heterocycles. The first kappa shape index (κ1) is 24.3. The Kier molecular flexibility index (Phi) is 7.75. The molecule has 1 fully saturated rings. The molecule has 11 heteroatoms. The molecule has 0 unspecified atom stereocenters. The van der Waals surface area contributed by atoms with E-state index >= 15 is 0 Å². The fraction of sp³-hybridized carbons (Fsp3) is 0.545. The number of unbranched alkanes of at least 4 members (excludes halogenated alkanes) is 1. The van der Waals surface area contributed by atoms with E-state index in [4.69, 9.17) is 10.2 Å². The number of carbonyl (C=O) groups excluding carboxylic acids is 2. The number of hydrogen-bond acceptors (Lipinski definition) is 7. The fourth-order valence-electron chi connectivity index (χ4n) is 3.93. The highest BCUT2D eigenvalue weighted by atomic mass is 16.3. The maximum Gasteiger partial charge on any atom is 0.330 e. The first-order valence-electron chi connectivity index (χ1n) is 11.3. The summed E-state index contributed by atoms with van der Waals surface area (Å²) in [6, 6.07) is 3.41. The van der Waals surface area contributed by atoms with Crippen molar-refractivity contribution in [3.63, 3.8) is 0 Å². The van der Waals surface area contributed by atoms with Crippen molar-refractivity contribution in [2.45, 2.75) is 40.2 Å². The van der Waals surface area contributed by atoms with Crippen molar-refractivity contribution in [2.75, 3.05) is 49.9 Å². The SMILES string of the molecule is CCCCn1c(N)c(N(CC)C(=O)CN2CCN(C(=O)c3ccc(C)o3)CC2)c(=O)[nH]c1=O. The number of hydrogen-bond donors (Lipinski definition) is 2. The number of aryl methyl sites for hydroxylation is 1. The molecule has 11 nitrogen and oxygen atoms in total. The van der Waals surface area contributed by atoms with Crippen LogP contribution in [0, 0.1) is 6.92 Å². The number of aromatic nitrogens is 2. The minimum atomic E-state index is -0.676. The first-order chi connectivity index (χ1) is 15.8. The van der Waals surface area contributed by atoms with Crippen LogP contribution in [-0.4, -0.2) is 70.4 Å². The summed E-state index contributed by atoms with van der Waals surface area (Å²) < 4.78 is 6.72. The minimum absolute atomic E-state index is 0.000191. The molecule has 180 valence electrons. The van der Waals surface area contributed by atoms with Crippen LogP contribution in [0.5, 0.6) is 0 Å². The van der Waals surface area contributed by atoms with Gasteiger partial charge in [-0.05, 0) is 32.4 Å². The number of piperazine rings is 1. The Bertz CT molecular complexity index is 1110. The summed E-state index contributed by atoms with van der Waals surface area (Å²) in [6.45, 7) is 8.13. The number of furan rings is 1. The average molecular weight is 461 g/mol. The molecule has 2 aromatic rings. The van der Waals surface area contributed by atoms with Gasteiger partial charge in [0, 0.05) is 39.3 Å². The molecule has 0 aromatic carbocycles. The molecule has 33 heavy (non-hydrogen) atoms. The number of H-pyrrole nitrogens is 1. The molecule has 0 saturated carbocycles. The number of nitrogens with one attached hydrogen (secondary N) is 1. The maximum atomic E-state index is 13.1. The summed E-state index contributed by atoms with van der Waals surface area (Å²) in [5.41, 5.74) is 4.91. The molecule has 0 spiro atoms. The second-order valence-corrected chi connectivity index (χ2v) is 8.11. The fourth-order valence-corrected chi connectivity index (χ4v) is 3.93. The molecular weight excluding hydrogens is 428 g/mol. The summed E-state index contributed by atoms with van der Waals surface area (Å²) in [6.07, 6.45) is 1.57. The van der Waals surface area contributed by atoms with E-state index in [1.165, 1.54) is 9.47 Å². The van der Waals surface area contributed by atoms with Gasteiger partial charge in [0.05, 0.1) is 6.54 Å². The molecule has 0 aliphatic carbocycles. The first-order valence-corrected chi connectivity index (χ1v) is 11.3. The van der Waals surface area contributed by atoms with E-state index in [-0.39, 0.29) is 36.4 Å². The van der Waals surface area contributed by atoms with Gasteiger partial charge in [0.2, 0.25) is 5.91 Å². The number of likely N-dealkylation sites (N-methyl/N-ethyl adjacent to an activating group) is 1. The second kappa shape index (κ2) is 10.5. The zero-order valence-corrected chi connectivity index (χ0v) is 19.4. The van der Waals surface area contributed by atoms with Gasteiger partial charge in [0.1, 0.15) is 11.6 Å². The summed E-state index contributed by atoms with van der Waals surface area (Å²) in [4.78, 5) is 57.6. The number of carbonyl (C=O) groups is 2. The van der Waals surface area contributed by atoms with E-state index < -0.39 is 11.2 Å². The summed E-state index contributed by atoms with van der Waals surface area (Å²) in [7, 11) is 0. The summed E-state index contributed by atoms with van der Waals surface area (Å²) in [5.74, 6) is 0.519. The molecule has 1 aliphatic rings. The summed E-state index contributed by atoms with van der Waals surface area (Å²) in [5, 5.41) is 0. The third kappa shape index (κ3) is 5.36. The van der Waals surface area contributed by atoms with Crippen molar-refractivity contribution in [2.24, 2.45) is 0 Å².